The summed E-state index contributed by atoms with van der Waals surface area (Å²) in [6.07, 6.45) is 4.98. The Balaban J connectivity index is 1.15. The zero-order chi connectivity index (χ0) is 57.3. The molecule has 5 nitrogen and oxygen atoms in total. The molecule has 10 rings (SSSR count). The normalized spacial score (nSPS) is 15.4. The first-order valence-electron chi connectivity index (χ1n) is 28.5. The smallest absolute Gasteiger partial charge is 0.269 e. The van der Waals surface area contributed by atoms with Gasteiger partial charge in [-0.25, -0.2) is 4.98 Å². The van der Waals surface area contributed by atoms with Gasteiger partial charge < -0.3 is 4.74 Å². The molecule has 0 amide bonds. The number of pyridine rings is 1. The molecular formula is C61H58N4O. The number of rotatable bonds is 7. The molecule has 328 valence electrons. The van der Waals surface area contributed by atoms with Crippen molar-refractivity contribution in [1.82, 2.24) is 14.1 Å². The van der Waals surface area contributed by atoms with Crippen LogP contribution in [0.1, 0.15) is 102 Å². The minimum absolute atomic E-state index is 0.0761. The number of ether oxygens (including phenoxy) is 1. The lowest BCUT2D eigenvalue weighted by Gasteiger charge is -2.34. The van der Waals surface area contributed by atoms with Gasteiger partial charge in [-0.3, -0.25) is 13.7 Å². The minimum atomic E-state index is -2.78. The molecule has 0 aliphatic carbocycles. The minimum Gasteiger partial charge on any atom is -0.458 e. The van der Waals surface area contributed by atoms with Crippen molar-refractivity contribution in [2.24, 2.45) is 0 Å². The van der Waals surface area contributed by atoms with Gasteiger partial charge >= 0.3 is 0 Å². The number of nitrogens with zero attached hydrogens (tertiary/aromatic N) is 4. The van der Waals surface area contributed by atoms with Gasteiger partial charge in [-0.15, -0.1) is 0 Å². The summed E-state index contributed by atoms with van der Waals surface area (Å²) >= 11 is 0. The zero-order valence-corrected chi connectivity index (χ0v) is 38.6. The van der Waals surface area contributed by atoms with Crippen LogP contribution < -0.4 is 9.30 Å². The molecule has 0 saturated heterocycles. The first-order valence-corrected chi connectivity index (χ1v) is 22.0. The molecule has 3 aromatic heterocycles. The van der Waals surface area contributed by atoms with Gasteiger partial charge in [-0.05, 0) is 111 Å². The molecule has 10 aromatic rings. The highest BCUT2D eigenvalue weighted by Gasteiger charge is 2.31. The third-order valence-corrected chi connectivity index (χ3v) is 12.1. The largest absolute Gasteiger partial charge is 0.458 e. The van der Waals surface area contributed by atoms with Gasteiger partial charge in [0.2, 0.25) is 0 Å². The Labute approximate surface area is 407 Å². The summed E-state index contributed by atoms with van der Waals surface area (Å²) in [7, 11) is 0. The number of imidazole rings is 1. The van der Waals surface area contributed by atoms with Crippen LogP contribution in [0, 0.1) is 13.2 Å². The molecule has 0 atom stereocenters. The van der Waals surface area contributed by atoms with Crippen LogP contribution in [-0.4, -0.2) is 14.1 Å². The molecule has 0 aliphatic rings. The number of hydrogen-bond donors (Lipinski definition) is 0. The number of fused-ring (bicyclic) bond motifs is 4. The Morgan fingerprint density at radius 1 is 0.591 bits per heavy atom. The second-order valence-corrected chi connectivity index (χ2v) is 19.9. The van der Waals surface area contributed by atoms with Crippen LogP contribution in [0.15, 0.2) is 170 Å². The van der Waals surface area contributed by atoms with Crippen LogP contribution in [0.2, 0.25) is 0 Å². The predicted molar refractivity (Wildman–Crippen MR) is 274 cm³/mol. The average Bonchev–Trinajstić information content (AvgIpc) is 4.14. The van der Waals surface area contributed by atoms with E-state index in [2.05, 4.69) is 85.3 Å². The quantitative estimate of drug-likeness (QED) is 0.118. The Bertz CT molecular complexity index is 4080. The number of hydrogen-bond acceptors (Lipinski definition) is 2. The van der Waals surface area contributed by atoms with Crippen LogP contribution in [-0.2, 0) is 16.2 Å². The van der Waals surface area contributed by atoms with E-state index in [9.17, 15) is 0 Å². The fourth-order valence-corrected chi connectivity index (χ4v) is 8.70. The lowest BCUT2D eigenvalue weighted by atomic mass is 9.74. The van der Waals surface area contributed by atoms with Crippen LogP contribution in [0.25, 0.3) is 72.3 Å². The Hall–Kier alpha value is -7.24. The summed E-state index contributed by atoms with van der Waals surface area (Å²) in [6.45, 7) is 17.1. The van der Waals surface area contributed by atoms with Gasteiger partial charge in [0.15, 0.2) is 0 Å². The summed E-state index contributed by atoms with van der Waals surface area (Å²) in [4.78, 5) is 4.72. The molecule has 0 saturated carbocycles. The van der Waals surface area contributed by atoms with Crippen LogP contribution >= 0.6 is 0 Å². The Kier molecular flexibility index (Phi) is 7.30. The van der Waals surface area contributed by atoms with Gasteiger partial charge in [-0.1, -0.05) is 171 Å². The van der Waals surface area contributed by atoms with Gasteiger partial charge in [0.25, 0.3) is 6.33 Å². The molecule has 0 unspecified atom stereocenters. The van der Waals surface area contributed by atoms with Crippen molar-refractivity contribution in [3.8, 4) is 50.9 Å². The Morgan fingerprint density at radius 3 is 1.94 bits per heavy atom. The van der Waals surface area contributed by atoms with Crippen LogP contribution in [0.3, 0.4) is 0 Å². The number of aryl methyl sites for hydroxylation is 1. The Morgan fingerprint density at radius 2 is 1.26 bits per heavy atom. The van der Waals surface area contributed by atoms with E-state index in [0.29, 0.717) is 39.3 Å². The van der Waals surface area contributed by atoms with E-state index in [-0.39, 0.29) is 56.4 Å². The van der Waals surface area contributed by atoms with E-state index >= 15 is 0 Å². The SMILES string of the molecule is [2H]c1c([2H])c([2H])c(-c2ccc3c(c2)n(-c2cccc(Oc4ccc5c6ccccc6n(-c6cc(C([2H])([2H])[2H])c(-c7c([2H])c([2H])c([2H])c([2H])c7[2H])cn6)c5c4)c2)[c-][n+]3-c2c(C(C)(C)C)cc(C(C)(C)C)cc2C(C)(C)C)c([2H])c1[2H]. The number of benzene rings is 7. The first-order chi connectivity index (χ1) is 36.9. The molecule has 66 heavy (non-hydrogen) atoms. The monoisotopic (exact) mass is 876 g/mol. The van der Waals surface area contributed by atoms with Gasteiger partial charge in [-0.2, -0.15) is 0 Å². The fraction of sp³-hybridized carbons (Fsp3) is 0.213. The first kappa shape index (κ1) is 30.1. The number of aromatic nitrogens is 4. The van der Waals surface area contributed by atoms with Gasteiger partial charge in [0.05, 0.1) is 47.1 Å². The van der Waals surface area contributed by atoms with Crippen molar-refractivity contribution >= 4 is 32.8 Å². The maximum atomic E-state index is 8.92. The second-order valence-electron chi connectivity index (χ2n) is 19.9. The summed E-state index contributed by atoms with van der Waals surface area (Å²) in [5, 5.41) is 1.66. The third kappa shape index (κ3) is 7.76. The van der Waals surface area contributed by atoms with Gasteiger partial charge in [0.1, 0.15) is 17.3 Å². The van der Waals surface area contributed by atoms with Crippen molar-refractivity contribution in [2.75, 3.05) is 0 Å². The van der Waals surface area contributed by atoms with Gasteiger partial charge in [0, 0.05) is 32.7 Å². The van der Waals surface area contributed by atoms with Crippen molar-refractivity contribution in [3.05, 3.63) is 198 Å². The van der Waals surface area contributed by atoms with E-state index in [1.165, 1.54) is 17.8 Å². The summed E-state index contributed by atoms with van der Waals surface area (Å²) in [5.41, 5.74) is 6.87. The molecule has 0 spiro atoms. The average molecular weight is 876 g/mol. The summed E-state index contributed by atoms with van der Waals surface area (Å²) in [6, 6.07) is 27.4. The highest BCUT2D eigenvalue weighted by atomic mass is 16.5. The highest BCUT2D eigenvalue weighted by Crippen LogP contribution is 2.41. The molecule has 5 heteroatoms. The fourth-order valence-electron chi connectivity index (χ4n) is 8.70. The van der Waals surface area contributed by atoms with E-state index in [1.807, 2.05) is 88.0 Å². The van der Waals surface area contributed by atoms with Crippen LogP contribution in [0.4, 0.5) is 0 Å². The maximum Gasteiger partial charge on any atom is 0.269 e. The molecular weight excluding hydrogens is 805 g/mol. The van der Waals surface area contributed by atoms with E-state index in [0.717, 1.165) is 33.1 Å². The summed E-state index contributed by atoms with van der Waals surface area (Å²) < 4.78 is 124. The third-order valence-electron chi connectivity index (χ3n) is 12.1. The lowest BCUT2D eigenvalue weighted by Crippen LogP contribution is -2.38. The molecule has 3 heterocycles. The van der Waals surface area contributed by atoms with Crippen molar-refractivity contribution in [2.45, 2.75) is 85.4 Å². The maximum absolute atomic E-state index is 8.92. The zero-order valence-electron chi connectivity index (χ0n) is 51.6. The molecule has 7 aromatic carbocycles. The van der Waals surface area contributed by atoms with Crippen molar-refractivity contribution in [3.63, 3.8) is 0 Å². The second kappa shape index (κ2) is 16.0. The lowest BCUT2D eigenvalue weighted by molar-refractivity contribution is -0.574. The molecule has 0 aliphatic heterocycles. The molecule has 0 fully saturated rings. The van der Waals surface area contributed by atoms with Crippen LogP contribution in [0.5, 0.6) is 11.5 Å². The number of para-hydroxylation sites is 1. The summed E-state index contributed by atoms with van der Waals surface area (Å²) in [5.74, 6) is 1.11. The predicted octanol–water partition coefficient (Wildman–Crippen LogP) is 15.5. The highest BCUT2D eigenvalue weighted by molar-refractivity contribution is 6.09. The molecule has 0 bridgehead atoms. The molecule has 0 N–H and O–H groups in total. The van der Waals surface area contributed by atoms with E-state index in [1.54, 1.807) is 6.07 Å². The van der Waals surface area contributed by atoms with E-state index in [4.69, 9.17) is 27.5 Å². The van der Waals surface area contributed by atoms with Crippen molar-refractivity contribution in [1.29, 1.82) is 0 Å². The van der Waals surface area contributed by atoms with E-state index < -0.39 is 55.2 Å². The topological polar surface area (TPSA) is 35.9 Å². The van der Waals surface area contributed by atoms with Crippen molar-refractivity contribution < 1.29 is 27.1 Å². The molecule has 0 radical (unpaired) electrons. The standard InChI is InChI=1S/C61H58N4O/c1-40-32-57(62-38-50(40)42-22-15-12-16-23-42)65-53-27-18-17-26-48(53)49-30-29-47(37-55(49)65)66-46-25-19-24-45(36-46)63-39-64(54-31-28-43(33-56(54)63)41-20-13-11-14-21-41)58-51(60(5,6)7)34-44(59(2,3)4)35-52(58)61(8,9)10/h11-38H,1-10H3/i1D3,11D,12D,13D,14D,15D,16D,20D,21D,22D,23D.